The zero-order chi connectivity index (χ0) is 19.8. The Hall–Kier alpha value is -3.41. The third kappa shape index (κ3) is 3.20. The van der Waals surface area contributed by atoms with Gasteiger partial charge in [-0.15, -0.1) is 0 Å². The Balaban J connectivity index is 1.45. The van der Waals surface area contributed by atoms with Crippen LogP contribution in [0.25, 0.3) is 16.7 Å². The molecular weight excluding hydrogens is 360 g/mol. The lowest BCUT2D eigenvalue weighted by Crippen LogP contribution is -2.46. The van der Waals surface area contributed by atoms with E-state index in [0.717, 1.165) is 48.7 Å². The molecule has 2 aromatic carbocycles. The summed E-state index contributed by atoms with van der Waals surface area (Å²) >= 11 is 0. The van der Waals surface area contributed by atoms with Gasteiger partial charge in [-0.1, -0.05) is 30.3 Å². The van der Waals surface area contributed by atoms with Gasteiger partial charge in [0.15, 0.2) is 5.65 Å². The van der Waals surface area contributed by atoms with E-state index in [9.17, 15) is 0 Å². The second-order valence-corrected chi connectivity index (χ2v) is 7.59. The number of para-hydroxylation sites is 1. The molecule has 0 unspecified atom stereocenters. The number of piperazine rings is 1. The molecule has 6 nitrogen and oxygen atoms in total. The van der Waals surface area contributed by atoms with Crippen LogP contribution in [-0.2, 0) is 0 Å². The molecular formula is C23H24N6. The molecule has 1 aliphatic rings. The monoisotopic (exact) mass is 384 g/mol. The first kappa shape index (κ1) is 17.7. The van der Waals surface area contributed by atoms with Gasteiger partial charge in [0.25, 0.3) is 0 Å². The quantitative estimate of drug-likeness (QED) is 0.538. The maximum absolute atomic E-state index is 4.66. The molecule has 0 aliphatic carbocycles. The van der Waals surface area contributed by atoms with Crippen molar-refractivity contribution in [2.24, 2.45) is 0 Å². The number of hydrogen-bond donors (Lipinski definition) is 0. The maximum atomic E-state index is 4.66. The van der Waals surface area contributed by atoms with Crippen molar-refractivity contribution in [2.75, 3.05) is 36.0 Å². The first-order valence-electron chi connectivity index (χ1n) is 10.0. The van der Waals surface area contributed by atoms with E-state index in [-0.39, 0.29) is 0 Å². The summed E-state index contributed by atoms with van der Waals surface area (Å²) in [4.78, 5) is 13.9. The minimum Gasteiger partial charge on any atom is -0.368 e. The predicted molar refractivity (Wildman–Crippen MR) is 117 cm³/mol. The van der Waals surface area contributed by atoms with Crippen molar-refractivity contribution in [3.05, 3.63) is 72.2 Å². The van der Waals surface area contributed by atoms with Crippen LogP contribution in [0.1, 0.15) is 11.1 Å². The van der Waals surface area contributed by atoms with Crippen molar-refractivity contribution in [1.29, 1.82) is 0 Å². The van der Waals surface area contributed by atoms with Gasteiger partial charge in [-0.05, 0) is 43.2 Å². The Morgan fingerprint density at radius 1 is 0.828 bits per heavy atom. The molecule has 4 aromatic rings. The van der Waals surface area contributed by atoms with Gasteiger partial charge in [-0.25, -0.2) is 14.6 Å². The molecule has 1 saturated heterocycles. The van der Waals surface area contributed by atoms with Gasteiger partial charge in [-0.3, -0.25) is 0 Å². The topological polar surface area (TPSA) is 50.1 Å². The van der Waals surface area contributed by atoms with Gasteiger partial charge in [0.1, 0.15) is 12.1 Å². The zero-order valence-corrected chi connectivity index (χ0v) is 16.8. The highest BCUT2D eigenvalue weighted by Crippen LogP contribution is 2.27. The molecule has 146 valence electrons. The lowest BCUT2D eigenvalue weighted by molar-refractivity contribution is 0.649. The Bertz CT molecular complexity index is 1140. The van der Waals surface area contributed by atoms with Gasteiger partial charge in [0.2, 0.25) is 0 Å². The summed E-state index contributed by atoms with van der Waals surface area (Å²) in [6.45, 7) is 8.00. The highest BCUT2D eigenvalue weighted by atomic mass is 15.3. The van der Waals surface area contributed by atoms with E-state index in [2.05, 4.69) is 87.2 Å². The average Bonchev–Trinajstić information content (AvgIpc) is 3.20. The fraction of sp³-hybridized carbons (Fsp3) is 0.261. The number of rotatable bonds is 3. The number of fused-ring (bicyclic) bond motifs is 1. The number of aryl methyl sites for hydroxylation is 2. The van der Waals surface area contributed by atoms with Crippen LogP contribution in [-0.4, -0.2) is 45.9 Å². The Morgan fingerprint density at radius 2 is 1.59 bits per heavy atom. The largest absolute Gasteiger partial charge is 0.368 e. The number of anilines is 2. The van der Waals surface area contributed by atoms with Crippen LogP contribution in [0.3, 0.4) is 0 Å². The van der Waals surface area contributed by atoms with E-state index in [1.54, 1.807) is 6.33 Å². The molecule has 0 radical (unpaired) electrons. The van der Waals surface area contributed by atoms with Crippen LogP contribution < -0.4 is 9.80 Å². The van der Waals surface area contributed by atoms with E-state index in [0.29, 0.717) is 0 Å². The summed E-state index contributed by atoms with van der Waals surface area (Å²) in [7, 11) is 0. The molecule has 0 atom stereocenters. The number of hydrogen-bond acceptors (Lipinski definition) is 5. The summed E-state index contributed by atoms with van der Waals surface area (Å²) in [5.74, 6) is 0.972. The molecule has 0 saturated carbocycles. The molecule has 3 heterocycles. The van der Waals surface area contributed by atoms with Crippen molar-refractivity contribution in [2.45, 2.75) is 13.8 Å². The highest BCUT2D eigenvalue weighted by Gasteiger charge is 2.22. The van der Waals surface area contributed by atoms with E-state index < -0.39 is 0 Å². The van der Waals surface area contributed by atoms with E-state index in [4.69, 9.17) is 0 Å². The van der Waals surface area contributed by atoms with Crippen LogP contribution >= 0.6 is 0 Å². The lowest BCUT2D eigenvalue weighted by Gasteiger charge is -2.36. The molecule has 0 N–H and O–H groups in total. The van der Waals surface area contributed by atoms with Crippen LogP contribution in [0, 0.1) is 13.8 Å². The Morgan fingerprint density at radius 3 is 2.38 bits per heavy atom. The molecule has 0 spiro atoms. The van der Waals surface area contributed by atoms with Crippen molar-refractivity contribution in [3.8, 4) is 5.69 Å². The molecule has 1 aliphatic heterocycles. The van der Waals surface area contributed by atoms with Gasteiger partial charge < -0.3 is 9.80 Å². The van der Waals surface area contributed by atoms with Crippen molar-refractivity contribution in [1.82, 2.24) is 19.7 Å². The second kappa shape index (κ2) is 7.20. The van der Waals surface area contributed by atoms with Gasteiger partial charge in [0, 0.05) is 31.9 Å². The summed E-state index contributed by atoms with van der Waals surface area (Å²) in [6.07, 6.45) is 3.56. The summed E-state index contributed by atoms with van der Waals surface area (Å²) in [5, 5.41) is 5.66. The zero-order valence-electron chi connectivity index (χ0n) is 16.8. The van der Waals surface area contributed by atoms with E-state index >= 15 is 0 Å². The number of aromatic nitrogens is 4. The number of benzene rings is 2. The van der Waals surface area contributed by atoms with Gasteiger partial charge >= 0.3 is 0 Å². The van der Waals surface area contributed by atoms with Gasteiger partial charge in [0.05, 0.1) is 17.3 Å². The Labute approximate surface area is 170 Å². The van der Waals surface area contributed by atoms with Crippen molar-refractivity contribution in [3.63, 3.8) is 0 Å². The predicted octanol–water partition coefficient (Wildman–Crippen LogP) is 3.76. The third-order valence-electron chi connectivity index (χ3n) is 5.64. The molecule has 6 heteroatoms. The summed E-state index contributed by atoms with van der Waals surface area (Å²) < 4.78 is 1.93. The highest BCUT2D eigenvalue weighted by molar-refractivity contribution is 5.88. The van der Waals surface area contributed by atoms with Crippen LogP contribution in [0.2, 0.25) is 0 Å². The minimum absolute atomic E-state index is 0.856. The smallest absolute Gasteiger partial charge is 0.168 e. The number of nitrogens with zero attached hydrogens (tertiary/aromatic N) is 6. The van der Waals surface area contributed by atoms with Crippen LogP contribution in [0.15, 0.2) is 61.1 Å². The second-order valence-electron chi connectivity index (χ2n) is 7.59. The average molecular weight is 384 g/mol. The van der Waals surface area contributed by atoms with Crippen molar-refractivity contribution >= 4 is 22.5 Å². The normalized spacial score (nSPS) is 14.6. The van der Waals surface area contributed by atoms with E-state index in [1.807, 2.05) is 10.9 Å². The summed E-state index contributed by atoms with van der Waals surface area (Å²) in [6, 6.07) is 17.0. The molecule has 5 rings (SSSR count). The molecule has 1 fully saturated rings. The van der Waals surface area contributed by atoms with Crippen molar-refractivity contribution < 1.29 is 0 Å². The first-order chi connectivity index (χ1) is 14.2. The Kier molecular flexibility index (Phi) is 4.39. The first-order valence-corrected chi connectivity index (χ1v) is 10.0. The lowest BCUT2D eigenvalue weighted by atomic mass is 10.1. The fourth-order valence-electron chi connectivity index (χ4n) is 4.02. The van der Waals surface area contributed by atoms with Gasteiger partial charge in [-0.2, -0.15) is 5.10 Å². The summed E-state index contributed by atoms with van der Waals surface area (Å²) in [5.41, 5.74) is 5.59. The van der Waals surface area contributed by atoms with E-state index in [1.165, 1.54) is 16.8 Å². The molecule has 0 amide bonds. The minimum atomic E-state index is 0.856. The van der Waals surface area contributed by atoms with Crippen LogP contribution in [0.4, 0.5) is 11.5 Å². The fourth-order valence-corrected chi connectivity index (χ4v) is 4.02. The molecule has 29 heavy (non-hydrogen) atoms. The molecule has 0 bridgehead atoms. The standard InChI is InChI=1S/C23H24N6/c1-17-8-9-18(2)21(14-17)29-23-20(15-26-29)22(24-16-25-23)28-12-10-27(11-13-28)19-6-4-3-5-7-19/h3-9,14-16H,10-13H2,1-2H3. The van der Waals surface area contributed by atoms with Crippen LogP contribution in [0.5, 0.6) is 0 Å². The third-order valence-corrected chi connectivity index (χ3v) is 5.64. The maximum Gasteiger partial charge on any atom is 0.168 e. The SMILES string of the molecule is Cc1ccc(C)c(-n2ncc3c(N4CCN(c5ccccc5)CC4)ncnc32)c1. The molecule has 2 aromatic heterocycles.